The number of hydrogen-bond donors (Lipinski definition) is 2. The molecule has 1 atom stereocenters. The van der Waals surface area contributed by atoms with Crippen LogP contribution in [0, 0.1) is 19.7 Å². The Morgan fingerprint density at radius 3 is 2.64 bits per heavy atom. The lowest BCUT2D eigenvalue weighted by Crippen LogP contribution is -2.45. The maximum absolute atomic E-state index is 13.3. The van der Waals surface area contributed by atoms with Gasteiger partial charge in [0.05, 0.1) is 12.1 Å². The Labute approximate surface area is 193 Å². The molecule has 2 aromatic carbocycles. The van der Waals surface area contributed by atoms with Gasteiger partial charge in [0.25, 0.3) is 5.56 Å². The van der Waals surface area contributed by atoms with Gasteiger partial charge in [-0.1, -0.05) is 19.1 Å². The van der Waals surface area contributed by atoms with Crippen LogP contribution < -0.4 is 10.9 Å². The average Bonchev–Trinajstić information content (AvgIpc) is 3.25. The van der Waals surface area contributed by atoms with Gasteiger partial charge in [-0.3, -0.25) is 9.69 Å². The first-order valence-electron chi connectivity index (χ1n) is 11.5. The van der Waals surface area contributed by atoms with E-state index >= 15 is 0 Å². The van der Waals surface area contributed by atoms with Crippen molar-refractivity contribution in [1.82, 2.24) is 14.8 Å². The normalized spacial score (nSPS) is 16.3. The Hall–Kier alpha value is -3.19. The highest BCUT2D eigenvalue weighted by Gasteiger charge is 2.28. The van der Waals surface area contributed by atoms with Crippen molar-refractivity contribution < 1.29 is 9.18 Å². The van der Waals surface area contributed by atoms with Crippen LogP contribution in [-0.4, -0.2) is 46.5 Å². The molecule has 2 amide bonds. The highest BCUT2D eigenvalue weighted by molar-refractivity contribution is 5.89. The largest absolute Gasteiger partial charge is 0.322 e. The zero-order chi connectivity index (χ0) is 23.5. The van der Waals surface area contributed by atoms with Gasteiger partial charge in [0, 0.05) is 29.2 Å². The van der Waals surface area contributed by atoms with Crippen LogP contribution in [0.4, 0.5) is 14.9 Å². The SMILES string of the molecule is CCN1CCCC1CN(Cc1cc2c(C)ccc(C)c2[nH]c1=O)C(=O)Nc1ccc(F)cc1. The summed E-state index contributed by atoms with van der Waals surface area (Å²) in [6.45, 7) is 8.77. The number of aromatic nitrogens is 1. The van der Waals surface area contributed by atoms with Crippen molar-refractivity contribution in [2.24, 2.45) is 0 Å². The number of hydrogen-bond acceptors (Lipinski definition) is 3. The monoisotopic (exact) mass is 450 g/mol. The molecule has 33 heavy (non-hydrogen) atoms. The fourth-order valence-corrected chi connectivity index (χ4v) is 4.67. The molecule has 2 heterocycles. The number of urea groups is 1. The first kappa shape index (κ1) is 23.0. The van der Waals surface area contributed by atoms with Gasteiger partial charge in [-0.05, 0) is 81.2 Å². The van der Waals surface area contributed by atoms with Crippen LogP contribution in [0.3, 0.4) is 0 Å². The van der Waals surface area contributed by atoms with E-state index in [1.54, 1.807) is 4.90 Å². The average molecular weight is 451 g/mol. The summed E-state index contributed by atoms with van der Waals surface area (Å²) in [5.74, 6) is -0.359. The van der Waals surface area contributed by atoms with E-state index in [0.29, 0.717) is 17.8 Å². The Kier molecular flexibility index (Phi) is 6.79. The molecule has 1 unspecified atom stereocenters. The number of benzene rings is 2. The molecule has 4 rings (SSSR count). The molecule has 7 heteroatoms. The second-order valence-corrected chi connectivity index (χ2v) is 8.85. The standard InChI is InChI=1S/C26H31FN4O2/c1-4-30-13-5-6-22(30)16-31(26(33)28-21-11-9-20(27)10-12-21)15-19-14-23-17(2)7-8-18(3)24(23)29-25(19)32/h7-12,14,22H,4-6,13,15-16H2,1-3H3,(H,28,33)(H,29,32). The molecule has 1 fully saturated rings. The molecular weight excluding hydrogens is 419 g/mol. The number of likely N-dealkylation sites (N-methyl/N-ethyl adjacent to an activating group) is 1. The lowest BCUT2D eigenvalue weighted by atomic mass is 10.0. The van der Waals surface area contributed by atoms with Crippen LogP contribution in [0.25, 0.3) is 10.9 Å². The predicted octanol–water partition coefficient (Wildman–Crippen LogP) is 4.80. The summed E-state index contributed by atoms with van der Waals surface area (Å²) in [7, 11) is 0. The number of halogens is 1. The molecule has 0 radical (unpaired) electrons. The Morgan fingerprint density at radius 1 is 1.18 bits per heavy atom. The number of rotatable bonds is 6. The number of fused-ring (bicyclic) bond motifs is 1. The Morgan fingerprint density at radius 2 is 1.91 bits per heavy atom. The fraction of sp³-hybridized carbons (Fsp3) is 0.385. The van der Waals surface area contributed by atoms with E-state index in [4.69, 9.17) is 0 Å². The van der Waals surface area contributed by atoms with Crippen LogP contribution in [0.1, 0.15) is 36.5 Å². The second kappa shape index (κ2) is 9.75. The number of anilines is 1. The maximum Gasteiger partial charge on any atom is 0.322 e. The number of amides is 2. The summed E-state index contributed by atoms with van der Waals surface area (Å²) in [5, 5.41) is 3.85. The van der Waals surface area contributed by atoms with Crippen LogP contribution in [0.2, 0.25) is 0 Å². The molecular formula is C26H31FN4O2. The second-order valence-electron chi connectivity index (χ2n) is 8.85. The summed E-state index contributed by atoms with van der Waals surface area (Å²) < 4.78 is 13.3. The van der Waals surface area contributed by atoms with Crippen molar-refractivity contribution in [3.05, 3.63) is 75.3 Å². The molecule has 2 N–H and O–H groups in total. The van der Waals surface area contributed by atoms with Crippen molar-refractivity contribution in [3.8, 4) is 0 Å². The number of likely N-dealkylation sites (tertiary alicyclic amines) is 1. The van der Waals surface area contributed by atoms with Gasteiger partial charge in [-0.2, -0.15) is 0 Å². The van der Waals surface area contributed by atoms with Crippen LogP contribution in [0.15, 0.2) is 47.3 Å². The number of carbonyl (C=O) groups is 1. The fourth-order valence-electron chi connectivity index (χ4n) is 4.67. The number of aromatic amines is 1. The number of H-pyrrole nitrogens is 1. The molecule has 1 aliphatic rings. The number of pyridine rings is 1. The molecule has 174 valence electrons. The topological polar surface area (TPSA) is 68.4 Å². The highest BCUT2D eigenvalue weighted by atomic mass is 19.1. The quantitative estimate of drug-likeness (QED) is 0.567. The van der Waals surface area contributed by atoms with Crippen molar-refractivity contribution in [3.63, 3.8) is 0 Å². The predicted molar refractivity (Wildman–Crippen MR) is 130 cm³/mol. The summed E-state index contributed by atoms with van der Waals surface area (Å²) in [6, 6.07) is 11.6. The zero-order valence-corrected chi connectivity index (χ0v) is 19.5. The Bertz CT molecular complexity index is 1210. The van der Waals surface area contributed by atoms with E-state index in [0.717, 1.165) is 48.0 Å². The summed E-state index contributed by atoms with van der Waals surface area (Å²) >= 11 is 0. The number of carbonyl (C=O) groups excluding carboxylic acids is 1. The van der Waals surface area contributed by atoms with Crippen molar-refractivity contribution in [1.29, 1.82) is 0 Å². The zero-order valence-electron chi connectivity index (χ0n) is 19.5. The number of aryl methyl sites for hydroxylation is 2. The smallest absolute Gasteiger partial charge is 0.321 e. The van der Waals surface area contributed by atoms with Gasteiger partial charge < -0.3 is 15.2 Å². The van der Waals surface area contributed by atoms with E-state index in [2.05, 4.69) is 22.1 Å². The maximum atomic E-state index is 13.3. The summed E-state index contributed by atoms with van der Waals surface area (Å²) in [5.41, 5.74) is 3.79. The lowest BCUT2D eigenvalue weighted by molar-refractivity contribution is 0.174. The minimum atomic E-state index is -0.359. The molecule has 0 spiro atoms. The van der Waals surface area contributed by atoms with Crippen LogP contribution in [-0.2, 0) is 6.54 Å². The van der Waals surface area contributed by atoms with Crippen molar-refractivity contribution in [2.45, 2.75) is 46.2 Å². The van der Waals surface area contributed by atoms with Gasteiger partial charge in [-0.15, -0.1) is 0 Å². The third kappa shape index (κ3) is 5.09. The van der Waals surface area contributed by atoms with Gasteiger partial charge in [0.1, 0.15) is 5.82 Å². The minimum absolute atomic E-state index is 0.186. The third-order valence-electron chi connectivity index (χ3n) is 6.60. The first-order valence-corrected chi connectivity index (χ1v) is 11.5. The molecule has 1 aromatic heterocycles. The summed E-state index contributed by atoms with van der Waals surface area (Å²) in [4.78, 5) is 33.3. The first-order chi connectivity index (χ1) is 15.9. The molecule has 3 aromatic rings. The van der Waals surface area contributed by atoms with Gasteiger partial charge >= 0.3 is 6.03 Å². The van der Waals surface area contributed by atoms with Gasteiger partial charge in [-0.25, -0.2) is 9.18 Å². The molecule has 0 aliphatic carbocycles. The van der Waals surface area contributed by atoms with Gasteiger partial charge in [0.2, 0.25) is 0 Å². The third-order valence-corrected chi connectivity index (χ3v) is 6.60. The van der Waals surface area contributed by atoms with E-state index in [1.165, 1.54) is 24.3 Å². The molecule has 1 saturated heterocycles. The van der Waals surface area contributed by atoms with Crippen LogP contribution in [0.5, 0.6) is 0 Å². The van der Waals surface area contributed by atoms with Crippen LogP contribution >= 0.6 is 0 Å². The number of nitrogens with one attached hydrogen (secondary N) is 2. The molecule has 0 bridgehead atoms. The minimum Gasteiger partial charge on any atom is -0.321 e. The van der Waals surface area contributed by atoms with E-state index in [1.807, 2.05) is 32.0 Å². The molecule has 6 nitrogen and oxygen atoms in total. The van der Waals surface area contributed by atoms with Gasteiger partial charge in [0.15, 0.2) is 0 Å². The van der Waals surface area contributed by atoms with E-state index < -0.39 is 0 Å². The molecule has 1 aliphatic heterocycles. The van der Waals surface area contributed by atoms with Crippen molar-refractivity contribution in [2.75, 3.05) is 25.0 Å². The number of nitrogens with zero attached hydrogens (tertiary/aromatic N) is 2. The molecule has 0 saturated carbocycles. The Balaban J connectivity index is 1.64. The van der Waals surface area contributed by atoms with E-state index in [9.17, 15) is 14.0 Å². The van der Waals surface area contributed by atoms with Crippen molar-refractivity contribution >= 4 is 22.6 Å². The van der Waals surface area contributed by atoms with E-state index in [-0.39, 0.29) is 30.0 Å². The highest BCUT2D eigenvalue weighted by Crippen LogP contribution is 2.22. The lowest BCUT2D eigenvalue weighted by Gasteiger charge is -2.30. The summed E-state index contributed by atoms with van der Waals surface area (Å²) in [6.07, 6.45) is 2.11.